The molecule has 3 atom stereocenters. The first-order valence-electron chi connectivity index (χ1n) is 7.73. The molecule has 1 aliphatic carbocycles. The van der Waals surface area contributed by atoms with E-state index in [1.807, 2.05) is 24.3 Å². The van der Waals surface area contributed by atoms with Crippen LogP contribution in [0, 0.1) is 12.8 Å². The molecule has 0 fully saturated rings. The molecule has 0 radical (unpaired) electrons. The van der Waals surface area contributed by atoms with Gasteiger partial charge in [-0.1, -0.05) is 59.1 Å². The summed E-state index contributed by atoms with van der Waals surface area (Å²) in [5, 5.41) is 5.91. The fourth-order valence-electron chi connectivity index (χ4n) is 3.87. The number of anilines is 1. The van der Waals surface area contributed by atoms with E-state index in [4.69, 9.17) is 34.8 Å². The van der Waals surface area contributed by atoms with Crippen molar-refractivity contribution < 1.29 is 0 Å². The van der Waals surface area contributed by atoms with Crippen LogP contribution in [-0.2, 0) is 0 Å². The van der Waals surface area contributed by atoms with Crippen molar-refractivity contribution in [2.24, 2.45) is 5.92 Å². The maximum atomic E-state index is 6.51. The molecule has 4 heteroatoms. The largest absolute Gasteiger partial charge is 0.377 e. The van der Waals surface area contributed by atoms with Crippen LogP contribution in [0.4, 0.5) is 5.69 Å². The molecule has 2 aliphatic rings. The van der Waals surface area contributed by atoms with Gasteiger partial charge in [0.25, 0.3) is 0 Å². The Morgan fingerprint density at radius 2 is 1.87 bits per heavy atom. The first kappa shape index (κ1) is 15.4. The lowest BCUT2D eigenvalue weighted by Gasteiger charge is -2.39. The predicted octanol–water partition coefficient (Wildman–Crippen LogP) is 6.78. The number of fused-ring (bicyclic) bond motifs is 3. The van der Waals surface area contributed by atoms with Crippen molar-refractivity contribution in [3.8, 4) is 0 Å². The molecular formula is C19H16Cl3N. The zero-order valence-corrected chi connectivity index (χ0v) is 14.9. The van der Waals surface area contributed by atoms with Gasteiger partial charge in [0.1, 0.15) is 0 Å². The smallest absolute Gasteiger partial charge is 0.0568 e. The summed E-state index contributed by atoms with van der Waals surface area (Å²) in [6, 6.07) is 9.97. The van der Waals surface area contributed by atoms with E-state index in [0.29, 0.717) is 21.9 Å². The van der Waals surface area contributed by atoms with Crippen molar-refractivity contribution in [3.05, 3.63) is 74.2 Å². The minimum atomic E-state index is 0.157. The summed E-state index contributed by atoms with van der Waals surface area (Å²) in [4.78, 5) is 0. The van der Waals surface area contributed by atoms with Gasteiger partial charge in [-0.15, -0.1) is 0 Å². The number of aryl methyl sites for hydroxylation is 1. The Hall–Kier alpha value is -1.15. The van der Waals surface area contributed by atoms with Crippen molar-refractivity contribution in [2.45, 2.75) is 25.3 Å². The highest BCUT2D eigenvalue weighted by Gasteiger charge is 2.40. The van der Waals surface area contributed by atoms with Crippen molar-refractivity contribution >= 4 is 40.5 Å². The molecule has 2 aromatic rings. The molecule has 0 bridgehead atoms. The van der Waals surface area contributed by atoms with E-state index in [1.165, 1.54) is 11.1 Å². The van der Waals surface area contributed by atoms with E-state index in [-0.39, 0.29) is 6.04 Å². The summed E-state index contributed by atoms with van der Waals surface area (Å²) < 4.78 is 0. The lowest BCUT2D eigenvalue weighted by molar-refractivity contribution is 0.425. The van der Waals surface area contributed by atoms with E-state index in [2.05, 4.69) is 30.5 Å². The maximum absolute atomic E-state index is 6.51. The Bertz CT molecular complexity index is 813. The van der Waals surface area contributed by atoms with Crippen molar-refractivity contribution in [2.75, 3.05) is 5.32 Å². The summed E-state index contributed by atoms with van der Waals surface area (Å²) in [7, 11) is 0. The Morgan fingerprint density at radius 3 is 2.65 bits per heavy atom. The quantitative estimate of drug-likeness (QED) is 0.550. The second-order valence-electron chi connectivity index (χ2n) is 6.29. The van der Waals surface area contributed by atoms with Gasteiger partial charge in [-0.05, 0) is 48.6 Å². The van der Waals surface area contributed by atoms with E-state index in [1.54, 1.807) is 0 Å². The standard InChI is InChI=1S/C19H16Cl3N/c1-10-5-8-15(21)17-12-3-2-4-13(12)19(23-18(10)17)14-7-6-11(20)9-16(14)22/h2-3,5-9,12-13,19,23H,4H2,1H3/t12-,13+,19+/m1/s1. The van der Waals surface area contributed by atoms with Gasteiger partial charge in [0.15, 0.2) is 0 Å². The summed E-state index contributed by atoms with van der Waals surface area (Å²) in [6.07, 6.45) is 5.55. The lowest BCUT2D eigenvalue weighted by Crippen LogP contribution is -2.30. The van der Waals surface area contributed by atoms with Crippen LogP contribution in [0.3, 0.4) is 0 Å². The van der Waals surface area contributed by atoms with Gasteiger partial charge in [0.05, 0.1) is 6.04 Å². The van der Waals surface area contributed by atoms with Crippen LogP contribution in [0.25, 0.3) is 0 Å². The number of halogens is 3. The molecule has 2 aromatic carbocycles. The summed E-state index contributed by atoms with van der Waals surface area (Å²) in [5.74, 6) is 0.746. The third-order valence-corrected chi connectivity index (χ3v) is 5.86. The van der Waals surface area contributed by atoms with Gasteiger partial charge in [-0.2, -0.15) is 0 Å². The van der Waals surface area contributed by atoms with Gasteiger partial charge in [0, 0.05) is 32.2 Å². The topological polar surface area (TPSA) is 12.0 Å². The average molecular weight is 365 g/mol. The van der Waals surface area contributed by atoms with Crippen molar-refractivity contribution in [1.29, 1.82) is 0 Å². The zero-order chi connectivity index (χ0) is 16.1. The fraction of sp³-hybridized carbons (Fsp3) is 0.263. The molecule has 0 amide bonds. The van der Waals surface area contributed by atoms with Crippen molar-refractivity contribution in [1.82, 2.24) is 0 Å². The second-order valence-corrected chi connectivity index (χ2v) is 7.55. The molecule has 0 unspecified atom stereocenters. The zero-order valence-electron chi connectivity index (χ0n) is 12.6. The molecule has 23 heavy (non-hydrogen) atoms. The lowest BCUT2D eigenvalue weighted by atomic mass is 9.76. The summed E-state index contributed by atoms with van der Waals surface area (Å²) in [6.45, 7) is 2.11. The molecular weight excluding hydrogens is 349 g/mol. The second kappa shape index (κ2) is 5.73. The molecule has 118 valence electrons. The number of nitrogens with one attached hydrogen (secondary N) is 1. The third-order valence-electron chi connectivity index (χ3n) is 4.97. The SMILES string of the molecule is Cc1ccc(Cl)c2c1N[C@H](c1ccc(Cl)cc1Cl)[C@H]1CC=C[C@@H]21. The Labute approximate surface area is 151 Å². The molecule has 1 aliphatic heterocycles. The molecule has 0 saturated carbocycles. The number of benzene rings is 2. The summed E-state index contributed by atoms with van der Waals surface area (Å²) >= 11 is 19.0. The number of rotatable bonds is 1. The van der Waals surface area contributed by atoms with Crippen LogP contribution in [0.2, 0.25) is 15.1 Å². The van der Waals surface area contributed by atoms with Crippen LogP contribution in [0.1, 0.15) is 35.1 Å². The van der Waals surface area contributed by atoms with Gasteiger partial charge >= 0.3 is 0 Å². The molecule has 1 N–H and O–H groups in total. The van der Waals surface area contributed by atoms with E-state index < -0.39 is 0 Å². The predicted molar refractivity (Wildman–Crippen MR) is 99.0 cm³/mol. The monoisotopic (exact) mass is 363 g/mol. The van der Waals surface area contributed by atoms with Gasteiger partial charge < -0.3 is 5.32 Å². The number of allylic oxidation sites excluding steroid dienone is 2. The first-order valence-corrected chi connectivity index (χ1v) is 8.87. The first-order chi connectivity index (χ1) is 11.1. The average Bonchev–Trinajstić information content (AvgIpc) is 3.00. The Balaban J connectivity index is 1.86. The highest BCUT2D eigenvalue weighted by Crippen LogP contribution is 2.53. The van der Waals surface area contributed by atoms with Gasteiger partial charge in [0.2, 0.25) is 0 Å². The van der Waals surface area contributed by atoms with Gasteiger partial charge in [-0.25, -0.2) is 0 Å². The van der Waals surface area contributed by atoms with Crippen molar-refractivity contribution in [3.63, 3.8) is 0 Å². The van der Waals surface area contributed by atoms with Crippen LogP contribution in [0.15, 0.2) is 42.5 Å². The fourth-order valence-corrected chi connectivity index (χ4v) is 4.68. The molecule has 0 spiro atoms. The third kappa shape index (κ3) is 2.46. The maximum Gasteiger partial charge on any atom is 0.0568 e. The Kier molecular flexibility index (Phi) is 3.84. The molecule has 1 heterocycles. The van der Waals surface area contributed by atoms with Gasteiger partial charge in [-0.3, -0.25) is 0 Å². The highest BCUT2D eigenvalue weighted by atomic mass is 35.5. The van der Waals surface area contributed by atoms with Crippen LogP contribution >= 0.6 is 34.8 Å². The number of hydrogen-bond acceptors (Lipinski definition) is 1. The molecule has 4 rings (SSSR count). The highest BCUT2D eigenvalue weighted by molar-refractivity contribution is 6.35. The minimum absolute atomic E-state index is 0.157. The normalized spacial score (nSPS) is 25.0. The number of hydrogen-bond donors (Lipinski definition) is 1. The van der Waals surface area contributed by atoms with E-state index >= 15 is 0 Å². The van der Waals surface area contributed by atoms with E-state index in [9.17, 15) is 0 Å². The van der Waals surface area contributed by atoms with Crippen LogP contribution in [0.5, 0.6) is 0 Å². The molecule has 1 nitrogen and oxygen atoms in total. The van der Waals surface area contributed by atoms with E-state index in [0.717, 1.165) is 22.7 Å². The molecule has 0 saturated heterocycles. The minimum Gasteiger partial charge on any atom is -0.377 e. The van der Waals surface area contributed by atoms with Crippen LogP contribution in [-0.4, -0.2) is 0 Å². The van der Waals surface area contributed by atoms with Crippen LogP contribution < -0.4 is 5.32 Å². The molecule has 0 aromatic heterocycles. The summed E-state index contributed by atoms with van der Waals surface area (Å²) in [5.41, 5.74) is 4.66. The Morgan fingerprint density at radius 1 is 1.04 bits per heavy atom.